The Morgan fingerprint density at radius 3 is 2.19 bits per heavy atom. The maximum atomic E-state index is 11.0. The molecule has 6 nitrogen and oxygen atoms in total. The van der Waals surface area contributed by atoms with E-state index in [0.29, 0.717) is 6.08 Å². The summed E-state index contributed by atoms with van der Waals surface area (Å²) in [7, 11) is 0. The van der Waals surface area contributed by atoms with Crippen LogP contribution in [0.3, 0.4) is 0 Å². The molecule has 16 heavy (non-hydrogen) atoms. The van der Waals surface area contributed by atoms with Gasteiger partial charge in [-0.3, -0.25) is 4.79 Å². The fourth-order valence-electron chi connectivity index (χ4n) is 0.818. The molecular formula is C10H14O6. The van der Waals surface area contributed by atoms with Gasteiger partial charge in [0.15, 0.2) is 0 Å². The Labute approximate surface area is 92.5 Å². The molecule has 0 radical (unpaired) electrons. The lowest BCUT2D eigenvalue weighted by Gasteiger charge is -2.06. The Balaban J connectivity index is 4.20. The van der Waals surface area contributed by atoms with Gasteiger partial charge in [-0.1, -0.05) is 13.8 Å². The van der Waals surface area contributed by atoms with Gasteiger partial charge in [0.25, 0.3) is 0 Å². The summed E-state index contributed by atoms with van der Waals surface area (Å²) >= 11 is 0. The number of hydrogen-bond donors (Lipinski definition) is 2. The van der Waals surface area contributed by atoms with Crippen molar-refractivity contribution in [2.75, 3.05) is 6.61 Å². The van der Waals surface area contributed by atoms with Gasteiger partial charge in [-0.15, -0.1) is 0 Å². The van der Waals surface area contributed by atoms with E-state index in [9.17, 15) is 14.4 Å². The molecule has 0 amide bonds. The normalized spacial score (nSPS) is 11.3. The van der Waals surface area contributed by atoms with Crippen LogP contribution in [0, 0.1) is 5.92 Å². The van der Waals surface area contributed by atoms with Gasteiger partial charge in [-0.25, -0.2) is 9.59 Å². The average molecular weight is 230 g/mol. The lowest BCUT2D eigenvalue weighted by Crippen LogP contribution is -2.14. The van der Waals surface area contributed by atoms with E-state index in [2.05, 4.69) is 0 Å². The molecule has 0 aliphatic carbocycles. The maximum Gasteiger partial charge on any atom is 0.331 e. The molecule has 90 valence electrons. The number of aliphatic carboxylic acids is 2. The summed E-state index contributed by atoms with van der Waals surface area (Å²) in [5.41, 5.74) is -0.302. The molecule has 0 bridgehead atoms. The van der Waals surface area contributed by atoms with Crippen LogP contribution in [0.15, 0.2) is 11.6 Å². The molecule has 0 aliphatic rings. The number of hydrogen-bond acceptors (Lipinski definition) is 4. The molecule has 0 unspecified atom stereocenters. The third-order valence-corrected chi connectivity index (χ3v) is 1.66. The molecule has 0 aromatic carbocycles. The summed E-state index contributed by atoms with van der Waals surface area (Å²) in [5, 5.41) is 17.0. The summed E-state index contributed by atoms with van der Waals surface area (Å²) in [4.78, 5) is 31.9. The van der Waals surface area contributed by atoms with Crippen molar-refractivity contribution >= 4 is 17.9 Å². The minimum Gasteiger partial charge on any atom is -0.478 e. The highest BCUT2D eigenvalue weighted by atomic mass is 16.5. The highest BCUT2D eigenvalue weighted by Gasteiger charge is 2.12. The summed E-state index contributed by atoms with van der Waals surface area (Å²) < 4.78 is 4.73. The zero-order chi connectivity index (χ0) is 12.7. The van der Waals surface area contributed by atoms with Crippen LogP contribution in [-0.4, -0.2) is 34.7 Å². The van der Waals surface area contributed by atoms with Crippen LogP contribution < -0.4 is 0 Å². The minimum absolute atomic E-state index is 0.125. The molecule has 0 fully saturated rings. The third kappa shape index (κ3) is 5.79. The molecule has 0 aromatic rings. The summed E-state index contributed by atoms with van der Waals surface area (Å²) in [5.74, 6) is -3.41. The van der Waals surface area contributed by atoms with Gasteiger partial charge < -0.3 is 14.9 Å². The zero-order valence-corrected chi connectivity index (χ0v) is 9.10. The van der Waals surface area contributed by atoms with Crippen molar-refractivity contribution < 1.29 is 29.3 Å². The SMILES string of the molecule is CC(C)C(=O)OCCC(=CC(=O)O)C(=O)O. The summed E-state index contributed by atoms with van der Waals surface area (Å²) in [6.45, 7) is 3.16. The molecule has 0 heterocycles. The fourth-order valence-corrected chi connectivity index (χ4v) is 0.818. The van der Waals surface area contributed by atoms with Crippen molar-refractivity contribution in [2.24, 2.45) is 5.92 Å². The van der Waals surface area contributed by atoms with E-state index in [4.69, 9.17) is 14.9 Å². The molecule has 0 aliphatic heterocycles. The van der Waals surface area contributed by atoms with Gasteiger partial charge >= 0.3 is 17.9 Å². The van der Waals surface area contributed by atoms with Crippen LogP contribution in [0.2, 0.25) is 0 Å². The monoisotopic (exact) mass is 230 g/mol. The van der Waals surface area contributed by atoms with E-state index >= 15 is 0 Å². The smallest absolute Gasteiger partial charge is 0.331 e. The third-order valence-electron chi connectivity index (χ3n) is 1.66. The topological polar surface area (TPSA) is 101 Å². The molecule has 0 saturated carbocycles. The molecule has 0 saturated heterocycles. The molecule has 2 N–H and O–H groups in total. The fraction of sp³-hybridized carbons (Fsp3) is 0.500. The number of esters is 1. The Morgan fingerprint density at radius 2 is 1.81 bits per heavy atom. The van der Waals surface area contributed by atoms with Crippen LogP contribution in [0.4, 0.5) is 0 Å². The molecule has 0 atom stereocenters. The van der Waals surface area contributed by atoms with Crippen LogP contribution in [0.1, 0.15) is 20.3 Å². The standard InChI is InChI=1S/C10H14O6/c1-6(2)10(15)16-4-3-7(9(13)14)5-8(11)12/h5-6H,3-4H2,1-2H3,(H,11,12)(H,13,14). The number of carbonyl (C=O) groups is 3. The molecular weight excluding hydrogens is 216 g/mol. The number of carboxylic acids is 2. The van der Waals surface area contributed by atoms with Crippen molar-refractivity contribution in [2.45, 2.75) is 20.3 Å². The predicted molar refractivity (Wildman–Crippen MR) is 53.8 cm³/mol. The van der Waals surface area contributed by atoms with Crippen LogP contribution in [0.25, 0.3) is 0 Å². The second-order valence-electron chi connectivity index (χ2n) is 3.39. The first-order chi connectivity index (χ1) is 7.34. The van der Waals surface area contributed by atoms with E-state index in [1.165, 1.54) is 0 Å². The van der Waals surface area contributed by atoms with Crippen molar-refractivity contribution in [1.82, 2.24) is 0 Å². The largest absolute Gasteiger partial charge is 0.478 e. The van der Waals surface area contributed by atoms with Crippen LogP contribution in [-0.2, 0) is 19.1 Å². The van der Waals surface area contributed by atoms with E-state index in [-0.39, 0.29) is 24.5 Å². The minimum atomic E-state index is -1.34. The van der Waals surface area contributed by atoms with E-state index in [1.807, 2.05) is 0 Å². The van der Waals surface area contributed by atoms with Gasteiger partial charge in [-0.2, -0.15) is 0 Å². The lowest BCUT2D eigenvalue weighted by atomic mass is 10.2. The lowest BCUT2D eigenvalue weighted by molar-refractivity contribution is -0.147. The first kappa shape index (κ1) is 14.2. The summed E-state index contributed by atoms with van der Waals surface area (Å²) in [6, 6.07) is 0. The van der Waals surface area contributed by atoms with Crippen molar-refractivity contribution in [3.8, 4) is 0 Å². The van der Waals surface area contributed by atoms with Gasteiger partial charge in [0.05, 0.1) is 12.5 Å². The molecule has 0 aromatic heterocycles. The quantitative estimate of drug-likeness (QED) is 0.513. The Hall–Kier alpha value is -1.85. The molecule has 6 heteroatoms. The zero-order valence-electron chi connectivity index (χ0n) is 9.10. The Kier molecular flexibility index (Phi) is 5.84. The molecule has 0 spiro atoms. The average Bonchev–Trinajstić information content (AvgIpc) is 2.14. The Bertz CT molecular complexity index is 315. The second-order valence-corrected chi connectivity index (χ2v) is 3.39. The summed E-state index contributed by atoms with van der Waals surface area (Å²) in [6.07, 6.45) is 0.464. The van der Waals surface area contributed by atoms with Crippen molar-refractivity contribution in [3.63, 3.8) is 0 Å². The Morgan fingerprint density at radius 1 is 1.25 bits per heavy atom. The highest BCUT2D eigenvalue weighted by Crippen LogP contribution is 2.04. The second kappa shape index (κ2) is 6.60. The van der Waals surface area contributed by atoms with E-state index in [0.717, 1.165) is 0 Å². The number of carboxylic acid groups (broad SMARTS) is 2. The number of carbonyl (C=O) groups excluding carboxylic acids is 1. The highest BCUT2D eigenvalue weighted by molar-refractivity contribution is 5.94. The van der Waals surface area contributed by atoms with E-state index < -0.39 is 17.9 Å². The van der Waals surface area contributed by atoms with Gasteiger partial charge in [0, 0.05) is 18.1 Å². The van der Waals surface area contributed by atoms with Crippen molar-refractivity contribution in [1.29, 1.82) is 0 Å². The number of rotatable bonds is 6. The van der Waals surface area contributed by atoms with Gasteiger partial charge in [-0.05, 0) is 0 Å². The molecule has 0 rings (SSSR count). The predicted octanol–water partition coefficient (Wildman–Crippen LogP) is 0.671. The van der Waals surface area contributed by atoms with Crippen LogP contribution >= 0.6 is 0 Å². The van der Waals surface area contributed by atoms with E-state index in [1.54, 1.807) is 13.8 Å². The van der Waals surface area contributed by atoms with Crippen LogP contribution in [0.5, 0.6) is 0 Å². The first-order valence-corrected chi connectivity index (χ1v) is 4.68. The van der Waals surface area contributed by atoms with Gasteiger partial charge in [0.1, 0.15) is 0 Å². The van der Waals surface area contributed by atoms with Crippen molar-refractivity contribution in [3.05, 3.63) is 11.6 Å². The number of ether oxygens (including phenoxy) is 1. The first-order valence-electron chi connectivity index (χ1n) is 4.68. The van der Waals surface area contributed by atoms with Gasteiger partial charge in [0.2, 0.25) is 0 Å². The maximum absolute atomic E-state index is 11.0.